The number of urea groups is 1. The van der Waals surface area contributed by atoms with E-state index in [1.54, 1.807) is 24.3 Å². The zero-order valence-corrected chi connectivity index (χ0v) is 17.0. The summed E-state index contributed by atoms with van der Waals surface area (Å²) in [6.07, 6.45) is 3.35. The maximum atomic E-state index is 13.1. The van der Waals surface area contributed by atoms with E-state index in [2.05, 4.69) is 11.9 Å². The third-order valence-corrected chi connectivity index (χ3v) is 4.64. The number of phenols is 1. The minimum Gasteiger partial charge on any atom is -0.504 e. The maximum Gasteiger partial charge on any atom is 0.335 e. The van der Waals surface area contributed by atoms with E-state index < -0.39 is 17.8 Å². The molecule has 7 heteroatoms. The highest BCUT2D eigenvalue weighted by atomic mass is 16.5. The minimum absolute atomic E-state index is 0.0361. The number of imide groups is 2. The molecule has 0 aromatic heterocycles. The molecule has 0 bridgehead atoms. The van der Waals surface area contributed by atoms with Gasteiger partial charge in [-0.15, -0.1) is 6.58 Å². The number of allylic oxidation sites excluding steroid dienone is 1. The number of barbiturate groups is 1. The number of hydrogen-bond donors (Lipinski definition) is 2. The van der Waals surface area contributed by atoms with Crippen LogP contribution < -0.4 is 15.0 Å². The highest BCUT2D eigenvalue weighted by Crippen LogP contribution is 2.33. The molecular formula is C23H22N2O5. The summed E-state index contributed by atoms with van der Waals surface area (Å²) < 4.78 is 5.19. The van der Waals surface area contributed by atoms with Crippen molar-refractivity contribution in [1.29, 1.82) is 0 Å². The van der Waals surface area contributed by atoms with Crippen LogP contribution in [0.3, 0.4) is 0 Å². The second-order valence-corrected chi connectivity index (χ2v) is 7.03. The van der Waals surface area contributed by atoms with Crippen LogP contribution in [0.25, 0.3) is 6.08 Å². The number of carbonyl (C=O) groups excluding carboxylic acids is 3. The lowest BCUT2D eigenvalue weighted by atomic mass is 10.0. The van der Waals surface area contributed by atoms with E-state index in [1.165, 1.54) is 19.3 Å². The Balaban J connectivity index is 2.09. The molecule has 0 spiro atoms. The van der Waals surface area contributed by atoms with Crippen molar-refractivity contribution in [3.63, 3.8) is 0 Å². The van der Waals surface area contributed by atoms with Gasteiger partial charge in [0.15, 0.2) is 11.5 Å². The molecule has 0 aliphatic carbocycles. The number of anilines is 1. The first-order valence-corrected chi connectivity index (χ1v) is 9.25. The Hall–Kier alpha value is -3.87. The van der Waals surface area contributed by atoms with Crippen LogP contribution >= 0.6 is 0 Å². The number of aromatic hydroxyl groups is 1. The lowest BCUT2D eigenvalue weighted by Gasteiger charge is -2.27. The predicted octanol–water partition coefficient (Wildman–Crippen LogP) is 3.41. The Morgan fingerprint density at radius 1 is 1.10 bits per heavy atom. The number of nitrogens with zero attached hydrogens (tertiary/aromatic N) is 1. The molecule has 0 atom stereocenters. The van der Waals surface area contributed by atoms with Crippen molar-refractivity contribution >= 4 is 29.6 Å². The van der Waals surface area contributed by atoms with Gasteiger partial charge in [-0.05, 0) is 67.3 Å². The number of amides is 4. The van der Waals surface area contributed by atoms with E-state index in [9.17, 15) is 19.5 Å². The van der Waals surface area contributed by atoms with Gasteiger partial charge in [0.25, 0.3) is 11.8 Å². The lowest BCUT2D eigenvalue weighted by molar-refractivity contribution is -0.122. The van der Waals surface area contributed by atoms with E-state index >= 15 is 0 Å². The second kappa shape index (κ2) is 8.24. The average Bonchev–Trinajstić information content (AvgIpc) is 2.66. The van der Waals surface area contributed by atoms with Crippen molar-refractivity contribution in [2.24, 2.45) is 0 Å². The highest BCUT2D eigenvalue weighted by Gasteiger charge is 2.37. The lowest BCUT2D eigenvalue weighted by Crippen LogP contribution is -2.54. The Kier molecular flexibility index (Phi) is 5.73. The third-order valence-electron chi connectivity index (χ3n) is 4.64. The van der Waals surface area contributed by atoms with Gasteiger partial charge in [0.2, 0.25) is 0 Å². The van der Waals surface area contributed by atoms with E-state index in [1.807, 2.05) is 19.9 Å². The highest BCUT2D eigenvalue weighted by molar-refractivity contribution is 6.39. The smallest absolute Gasteiger partial charge is 0.335 e. The van der Waals surface area contributed by atoms with Crippen LogP contribution in [-0.4, -0.2) is 30.1 Å². The van der Waals surface area contributed by atoms with Crippen molar-refractivity contribution in [1.82, 2.24) is 5.32 Å². The van der Waals surface area contributed by atoms with Gasteiger partial charge in [-0.2, -0.15) is 0 Å². The van der Waals surface area contributed by atoms with Crippen LogP contribution in [0.15, 0.2) is 48.6 Å². The maximum absolute atomic E-state index is 13.1. The van der Waals surface area contributed by atoms with Gasteiger partial charge >= 0.3 is 6.03 Å². The molecule has 30 heavy (non-hydrogen) atoms. The van der Waals surface area contributed by atoms with E-state index in [4.69, 9.17) is 4.74 Å². The third kappa shape index (κ3) is 3.96. The monoisotopic (exact) mass is 406 g/mol. The normalized spacial score (nSPS) is 15.4. The number of aryl methyl sites for hydroxylation is 2. The van der Waals surface area contributed by atoms with Gasteiger partial charge in [0.05, 0.1) is 12.8 Å². The fourth-order valence-corrected chi connectivity index (χ4v) is 3.38. The van der Waals surface area contributed by atoms with Crippen molar-refractivity contribution in [2.75, 3.05) is 12.0 Å². The van der Waals surface area contributed by atoms with Gasteiger partial charge in [0, 0.05) is 5.56 Å². The molecule has 1 fully saturated rings. The van der Waals surface area contributed by atoms with E-state index in [0.717, 1.165) is 16.0 Å². The first kappa shape index (κ1) is 20.9. The van der Waals surface area contributed by atoms with E-state index in [-0.39, 0.29) is 17.1 Å². The molecule has 7 nitrogen and oxygen atoms in total. The topological polar surface area (TPSA) is 95.9 Å². The molecule has 2 aromatic carbocycles. The van der Waals surface area contributed by atoms with Gasteiger partial charge < -0.3 is 9.84 Å². The molecule has 1 aliphatic rings. The molecule has 0 radical (unpaired) electrons. The second-order valence-electron chi connectivity index (χ2n) is 7.03. The summed E-state index contributed by atoms with van der Waals surface area (Å²) in [5, 5.41) is 12.4. The SMILES string of the molecule is C=CCc1cc(/C=C2/C(=O)NC(=O)N(c3cc(C)cc(C)c3)C2=O)cc(OC)c1O. The number of methoxy groups -OCH3 is 1. The molecular weight excluding hydrogens is 384 g/mol. The fraction of sp³-hybridized carbons (Fsp3) is 0.174. The van der Waals surface area contributed by atoms with Gasteiger partial charge in [-0.3, -0.25) is 14.9 Å². The van der Waals surface area contributed by atoms with Crippen LogP contribution in [0, 0.1) is 13.8 Å². The van der Waals surface area contributed by atoms with Crippen LogP contribution in [0.1, 0.15) is 22.3 Å². The number of hydrogen-bond acceptors (Lipinski definition) is 5. The van der Waals surface area contributed by atoms with Gasteiger partial charge in [-0.25, -0.2) is 9.69 Å². The molecule has 154 valence electrons. The number of rotatable bonds is 5. The molecule has 3 rings (SSSR count). The zero-order chi connectivity index (χ0) is 22.0. The van der Waals surface area contributed by atoms with Crippen molar-refractivity contribution in [3.8, 4) is 11.5 Å². The minimum atomic E-state index is -0.803. The molecule has 1 saturated heterocycles. The number of benzene rings is 2. The number of nitrogens with one attached hydrogen (secondary N) is 1. The molecule has 1 aliphatic heterocycles. The van der Waals surface area contributed by atoms with Crippen LogP contribution in [0.4, 0.5) is 10.5 Å². The summed E-state index contributed by atoms with van der Waals surface area (Å²) in [6.45, 7) is 7.37. The summed E-state index contributed by atoms with van der Waals surface area (Å²) in [7, 11) is 1.41. The summed E-state index contributed by atoms with van der Waals surface area (Å²) in [4.78, 5) is 38.8. The van der Waals surface area contributed by atoms with Crippen molar-refractivity contribution in [2.45, 2.75) is 20.3 Å². The Morgan fingerprint density at radius 3 is 2.37 bits per heavy atom. The van der Waals surface area contributed by atoms with E-state index in [0.29, 0.717) is 23.2 Å². The summed E-state index contributed by atoms with van der Waals surface area (Å²) in [6, 6.07) is 7.65. The molecule has 1 heterocycles. The average molecular weight is 406 g/mol. The van der Waals surface area contributed by atoms with Crippen molar-refractivity contribution in [3.05, 3.63) is 70.8 Å². The standard InChI is InChI=1S/C23H22N2O5/c1-5-6-16-10-15(12-19(30-4)20(16)26)11-18-21(27)24-23(29)25(22(18)28)17-8-13(2)7-14(3)9-17/h5,7-12,26H,1,6H2,2-4H3,(H,24,27,29)/b18-11-. The Labute approximate surface area is 174 Å². The molecule has 0 unspecified atom stereocenters. The summed E-state index contributed by atoms with van der Waals surface area (Å²) >= 11 is 0. The predicted molar refractivity (Wildman–Crippen MR) is 113 cm³/mol. The molecule has 2 N–H and O–H groups in total. The van der Waals surface area contributed by atoms with Crippen LogP contribution in [0.2, 0.25) is 0 Å². The number of phenolic OH excluding ortho intramolecular Hbond substituents is 1. The van der Waals surface area contributed by atoms with Crippen LogP contribution in [0.5, 0.6) is 11.5 Å². The fourth-order valence-electron chi connectivity index (χ4n) is 3.38. The number of carbonyl (C=O) groups is 3. The largest absolute Gasteiger partial charge is 0.504 e. The molecule has 0 saturated carbocycles. The first-order chi connectivity index (χ1) is 14.2. The Morgan fingerprint density at radius 2 is 1.77 bits per heavy atom. The van der Waals surface area contributed by atoms with Crippen LogP contribution in [-0.2, 0) is 16.0 Å². The van der Waals surface area contributed by atoms with Gasteiger partial charge in [-0.1, -0.05) is 12.1 Å². The Bertz CT molecular complexity index is 1080. The van der Waals surface area contributed by atoms with Gasteiger partial charge in [0.1, 0.15) is 5.57 Å². The first-order valence-electron chi connectivity index (χ1n) is 9.25. The van der Waals surface area contributed by atoms with Crippen molar-refractivity contribution < 1.29 is 24.2 Å². The number of ether oxygens (including phenoxy) is 1. The quantitative estimate of drug-likeness (QED) is 0.451. The summed E-state index contributed by atoms with van der Waals surface area (Å²) in [5.41, 5.74) is 2.93. The molecule has 4 amide bonds. The molecule has 2 aromatic rings. The zero-order valence-electron chi connectivity index (χ0n) is 17.0. The summed E-state index contributed by atoms with van der Waals surface area (Å²) in [5.74, 6) is -1.35.